The summed E-state index contributed by atoms with van der Waals surface area (Å²) < 4.78 is 0. The van der Waals surface area contributed by atoms with Gasteiger partial charge in [0.05, 0.1) is 0 Å². The number of rotatable bonds is 2. The van der Waals surface area contributed by atoms with Crippen molar-refractivity contribution in [3.05, 3.63) is 12.2 Å². The topological polar surface area (TPSA) is 23.6 Å². The standard InChI is InChI=1S/C20H32N2O/c1-19-10-4-6-16(19)15-7-8-18-20(2,17(15)9-12-19)11-5-13-22(18)21(3)14-23/h5,11,14-18H,4,6-10,12-13H2,1-3H3/t15-,16-,17+,18?,19-,20+/m0/s1. The molecule has 3 saturated carbocycles. The van der Waals surface area contributed by atoms with Crippen LogP contribution in [0.1, 0.15) is 58.8 Å². The smallest absolute Gasteiger partial charge is 0.223 e. The Labute approximate surface area is 141 Å². The molecule has 6 atom stereocenters. The molecule has 4 rings (SSSR count). The van der Waals surface area contributed by atoms with Gasteiger partial charge in [-0.2, -0.15) is 0 Å². The summed E-state index contributed by atoms with van der Waals surface area (Å²) in [4.78, 5) is 11.3. The summed E-state index contributed by atoms with van der Waals surface area (Å²) in [5.74, 6) is 2.66. The first-order valence-electron chi connectivity index (χ1n) is 9.62. The molecule has 128 valence electrons. The zero-order valence-corrected chi connectivity index (χ0v) is 15.0. The van der Waals surface area contributed by atoms with Gasteiger partial charge in [0.1, 0.15) is 0 Å². The molecule has 23 heavy (non-hydrogen) atoms. The highest BCUT2D eigenvalue weighted by molar-refractivity contribution is 5.45. The summed E-state index contributed by atoms with van der Waals surface area (Å²) >= 11 is 0. The van der Waals surface area contributed by atoms with Crippen molar-refractivity contribution >= 4 is 6.41 Å². The van der Waals surface area contributed by atoms with Crippen molar-refractivity contribution in [2.45, 2.75) is 64.8 Å². The van der Waals surface area contributed by atoms with E-state index in [1.807, 2.05) is 7.05 Å². The first-order chi connectivity index (χ1) is 11.0. The van der Waals surface area contributed by atoms with Crippen LogP contribution in [0.3, 0.4) is 0 Å². The van der Waals surface area contributed by atoms with E-state index in [-0.39, 0.29) is 5.41 Å². The van der Waals surface area contributed by atoms with Crippen molar-refractivity contribution in [3.63, 3.8) is 0 Å². The van der Waals surface area contributed by atoms with Crippen LogP contribution in [-0.4, -0.2) is 36.1 Å². The van der Waals surface area contributed by atoms with E-state index >= 15 is 0 Å². The quantitative estimate of drug-likeness (QED) is 0.570. The zero-order chi connectivity index (χ0) is 16.2. The molecule has 1 unspecified atom stereocenters. The molecule has 1 heterocycles. The summed E-state index contributed by atoms with van der Waals surface area (Å²) in [6.07, 6.45) is 15.6. The third-order valence-electron chi connectivity index (χ3n) is 8.20. The van der Waals surface area contributed by atoms with Gasteiger partial charge in [-0.1, -0.05) is 32.4 Å². The minimum Gasteiger partial charge on any atom is -0.281 e. The molecular formula is C20H32N2O. The third-order valence-corrected chi connectivity index (χ3v) is 8.20. The van der Waals surface area contributed by atoms with Crippen LogP contribution >= 0.6 is 0 Å². The van der Waals surface area contributed by atoms with E-state index in [2.05, 4.69) is 31.0 Å². The van der Waals surface area contributed by atoms with Crippen molar-refractivity contribution in [1.29, 1.82) is 0 Å². The van der Waals surface area contributed by atoms with E-state index in [1.165, 1.54) is 44.9 Å². The first kappa shape index (κ1) is 15.7. The Morgan fingerprint density at radius 1 is 1.13 bits per heavy atom. The molecule has 0 N–H and O–H groups in total. The normalized spacial score (nSPS) is 49.2. The Morgan fingerprint density at radius 3 is 2.74 bits per heavy atom. The van der Waals surface area contributed by atoms with Crippen molar-refractivity contribution in [3.8, 4) is 0 Å². The maximum atomic E-state index is 11.3. The minimum atomic E-state index is 0.238. The number of amides is 1. The van der Waals surface area contributed by atoms with Gasteiger partial charge in [-0.3, -0.25) is 9.80 Å². The van der Waals surface area contributed by atoms with E-state index in [0.717, 1.165) is 30.7 Å². The fourth-order valence-corrected chi connectivity index (χ4v) is 7.02. The van der Waals surface area contributed by atoms with Crippen LogP contribution in [0.5, 0.6) is 0 Å². The predicted octanol–water partition coefficient (Wildman–Crippen LogP) is 3.86. The van der Waals surface area contributed by atoms with Crippen molar-refractivity contribution in [2.24, 2.45) is 28.6 Å². The van der Waals surface area contributed by atoms with Crippen LogP contribution in [0.2, 0.25) is 0 Å². The number of carbonyl (C=O) groups is 1. The molecule has 3 fully saturated rings. The minimum absolute atomic E-state index is 0.238. The van der Waals surface area contributed by atoms with Gasteiger partial charge in [0.25, 0.3) is 0 Å². The van der Waals surface area contributed by atoms with Gasteiger partial charge in [-0.05, 0) is 61.7 Å². The Bertz CT molecular complexity index is 518. The molecule has 1 aliphatic heterocycles. The largest absolute Gasteiger partial charge is 0.281 e. The van der Waals surface area contributed by atoms with Gasteiger partial charge in [0.2, 0.25) is 6.41 Å². The Hall–Kier alpha value is -0.830. The van der Waals surface area contributed by atoms with E-state index in [1.54, 1.807) is 5.01 Å². The molecule has 0 bridgehead atoms. The molecule has 0 spiro atoms. The van der Waals surface area contributed by atoms with Gasteiger partial charge in [0, 0.05) is 25.0 Å². The number of hydrazine groups is 1. The Kier molecular flexibility index (Phi) is 3.64. The van der Waals surface area contributed by atoms with Crippen molar-refractivity contribution < 1.29 is 4.79 Å². The lowest BCUT2D eigenvalue weighted by Gasteiger charge is -2.60. The number of fused-ring (bicyclic) bond motifs is 5. The fraction of sp³-hybridized carbons (Fsp3) is 0.850. The van der Waals surface area contributed by atoms with Crippen LogP contribution in [0, 0.1) is 28.6 Å². The van der Waals surface area contributed by atoms with Crippen molar-refractivity contribution in [1.82, 2.24) is 10.0 Å². The molecular weight excluding hydrogens is 284 g/mol. The summed E-state index contributed by atoms with van der Waals surface area (Å²) in [5.41, 5.74) is 0.865. The van der Waals surface area contributed by atoms with Gasteiger partial charge in [0.15, 0.2) is 0 Å². The van der Waals surface area contributed by atoms with Gasteiger partial charge in [-0.15, -0.1) is 0 Å². The lowest BCUT2D eigenvalue weighted by Crippen LogP contribution is -2.61. The summed E-state index contributed by atoms with van der Waals surface area (Å²) in [6.45, 7) is 5.93. The van der Waals surface area contributed by atoms with Crippen LogP contribution in [0.25, 0.3) is 0 Å². The maximum Gasteiger partial charge on any atom is 0.223 e. The third kappa shape index (κ3) is 2.15. The zero-order valence-electron chi connectivity index (χ0n) is 15.0. The number of carbonyl (C=O) groups excluding carboxylic acids is 1. The summed E-state index contributed by atoms with van der Waals surface area (Å²) in [7, 11) is 1.91. The highest BCUT2D eigenvalue weighted by atomic mass is 16.1. The lowest BCUT2D eigenvalue weighted by atomic mass is 9.48. The summed E-state index contributed by atoms with van der Waals surface area (Å²) in [6, 6.07) is 0.495. The van der Waals surface area contributed by atoms with E-state index < -0.39 is 0 Å². The Morgan fingerprint density at radius 2 is 1.96 bits per heavy atom. The van der Waals surface area contributed by atoms with Crippen LogP contribution in [0.4, 0.5) is 0 Å². The second-order valence-electron chi connectivity index (χ2n) is 9.12. The van der Waals surface area contributed by atoms with Crippen molar-refractivity contribution in [2.75, 3.05) is 13.6 Å². The molecule has 0 saturated heterocycles. The maximum absolute atomic E-state index is 11.3. The molecule has 1 amide bonds. The van der Waals surface area contributed by atoms with Crippen LogP contribution in [0.15, 0.2) is 12.2 Å². The van der Waals surface area contributed by atoms with Gasteiger partial charge in [-0.25, -0.2) is 5.01 Å². The highest BCUT2D eigenvalue weighted by Gasteiger charge is 2.58. The number of nitrogens with zero attached hydrogens (tertiary/aromatic N) is 2. The van der Waals surface area contributed by atoms with Crippen LogP contribution < -0.4 is 0 Å². The van der Waals surface area contributed by atoms with E-state index in [4.69, 9.17) is 0 Å². The highest BCUT2D eigenvalue weighted by Crippen LogP contribution is 2.63. The van der Waals surface area contributed by atoms with E-state index in [9.17, 15) is 4.79 Å². The SMILES string of the molecule is CN(C=O)N1CC=C[C@@]2(C)C1CC[C@@H]1[C@H]2CC[C@]2(C)CCC[C@@H]12. The first-order valence-corrected chi connectivity index (χ1v) is 9.62. The predicted molar refractivity (Wildman–Crippen MR) is 92.5 cm³/mol. The molecule has 3 heteroatoms. The fourth-order valence-electron chi connectivity index (χ4n) is 7.02. The molecule has 0 radical (unpaired) electrons. The molecule has 0 aromatic carbocycles. The number of hydrogen-bond acceptors (Lipinski definition) is 2. The molecule has 4 aliphatic rings. The molecule has 3 nitrogen and oxygen atoms in total. The molecule has 0 aromatic rings. The Balaban J connectivity index is 1.65. The second-order valence-corrected chi connectivity index (χ2v) is 9.12. The summed E-state index contributed by atoms with van der Waals surface area (Å²) in [5, 5.41) is 4.10. The number of hydrogen-bond donors (Lipinski definition) is 0. The monoisotopic (exact) mass is 316 g/mol. The van der Waals surface area contributed by atoms with Crippen LogP contribution in [-0.2, 0) is 4.79 Å². The second kappa shape index (κ2) is 5.34. The lowest BCUT2D eigenvalue weighted by molar-refractivity contribution is -0.155. The van der Waals surface area contributed by atoms with Gasteiger partial charge >= 0.3 is 0 Å². The average molecular weight is 316 g/mol. The molecule has 0 aromatic heterocycles. The molecule has 3 aliphatic carbocycles. The average Bonchev–Trinajstić information content (AvgIpc) is 2.94. The van der Waals surface area contributed by atoms with E-state index in [0.29, 0.717) is 11.5 Å². The van der Waals surface area contributed by atoms with Gasteiger partial charge < -0.3 is 0 Å².